The van der Waals surface area contributed by atoms with Crippen LogP contribution < -0.4 is 10.1 Å². The first-order valence-corrected chi connectivity index (χ1v) is 10.3. The van der Waals surface area contributed by atoms with Crippen molar-refractivity contribution in [2.24, 2.45) is 0 Å². The van der Waals surface area contributed by atoms with Gasteiger partial charge in [0.25, 0.3) is 0 Å². The second-order valence-electron chi connectivity index (χ2n) is 8.03. The Hall–Kier alpha value is -3.95. The third-order valence-electron chi connectivity index (χ3n) is 5.10. The number of esters is 1. The van der Waals surface area contributed by atoms with Crippen LogP contribution in [0.25, 0.3) is 11.1 Å². The Bertz CT molecular complexity index is 1220. The molecule has 10 heteroatoms. The van der Waals surface area contributed by atoms with Gasteiger partial charge in [-0.15, -0.1) is 0 Å². The summed E-state index contributed by atoms with van der Waals surface area (Å²) in [5.74, 6) is -14.8. The van der Waals surface area contributed by atoms with Crippen LogP contribution in [0.3, 0.4) is 0 Å². The van der Waals surface area contributed by atoms with Crippen LogP contribution in [-0.2, 0) is 15.1 Å². The van der Waals surface area contributed by atoms with Crippen molar-refractivity contribution < 1.29 is 41.0 Å². The summed E-state index contributed by atoms with van der Waals surface area (Å²) in [7, 11) is 0. The number of alkyl carbamates (subject to hydrolysis) is 1. The molecule has 1 amide bonds. The van der Waals surface area contributed by atoms with Gasteiger partial charge in [-0.25, -0.2) is 22.8 Å². The minimum Gasteiger partial charge on any atom is -0.439 e. The molecule has 0 fully saturated rings. The van der Waals surface area contributed by atoms with Crippen LogP contribution in [-0.4, -0.2) is 18.1 Å². The van der Waals surface area contributed by atoms with E-state index in [1.165, 1.54) is 0 Å². The number of hydrogen-bond donors (Lipinski definition) is 1. The summed E-state index contributed by atoms with van der Waals surface area (Å²) in [4.78, 5) is 24.4. The number of benzene rings is 3. The summed E-state index contributed by atoms with van der Waals surface area (Å²) in [5, 5.41) is 2.10. The summed E-state index contributed by atoms with van der Waals surface area (Å²) in [6.07, 6.45) is -1.08. The van der Waals surface area contributed by atoms with Crippen LogP contribution in [0.5, 0.6) is 5.75 Å². The van der Waals surface area contributed by atoms with E-state index in [-0.39, 0.29) is 0 Å². The van der Waals surface area contributed by atoms with Crippen molar-refractivity contribution in [1.29, 1.82) is 0 Å². The zero-order valence-electron chi connectivity index (χ0n) is 18.8. The van der Waals surface area contributed by atoms with Gasteiger partial charge < -0.3 is 14.8 Å². The fourth-order valence-electron chi connectivity index (χ4n) is 3.11. The maximum absolute atomic E-state index is 13.7. The topological polar surface area (TPSA) is 64.6 Å². The van der Waals surface area contributed by atoms with E-state index in [1.807, 2.05) is 42.5 Å². The SMILES string of the molecule is CC(NC(=O)OC(C)(C)c1ccc(-c2ccccc2)cc1)C(=O)Oc1c(F)c(F)c(F)c(F)c1F. The molecule has 0 saturated heterocycles. The molecule has 0 saturated carbocycles. The fourth-order valence-corrected chi connectivity index (χ4v) is 3.11. The normalized spacial score (nSPS) is 12.1. The maximum Gasteiger partial charge on any atom is 0.408 e. The lowest BCUT2D eigenvalue weighted by Gasteiger charge is -2.26. The van der Waals surface area contributed by atoms with Gasteiger partial charge in [-0.1, -0.05) is 54.6 Å². The zero-order chi connectivity index (χ0) is 25.9. The molecule has 0 spiro atoms. The summed E-state index contributed by atoms with van der Waals surface area (Å²) in [6.45, 7) is 4.28. The molecule has 35 heavy (non-hydrogen) atoms. The van der Waals surface area contributed by atoms with Crippen molar-refractivity contribution >= 4 is 12.1 Å². The highest BCUT2D eigenvalue weighted by Crippen LogP contribution is 2.30. The van der Waals surface area contributed by atoms with E-state index < -0.39 is 58.5 Å². The predicted octanol–water partition coefficient (Wildman–Crippen LogP) is 6.00. The number of halogens is 5. The largest absolute Gasteiger partial charge is 0.439 e. The van der Waals surface area contributed by atoms with Gasteiger partial charge in [-0.2, -0.15) is 8.78 Å². The molecule has 1 N–H and O–H groups in total. The molecule has 1 atom stereocenters. The van der Waals surface area contributed by atoms with Crippen LogP contribution in [0.15, 0.2) is 54.6 Å². The van der Waals surface area contributed by atoms with Crippen molar-refractivity contribution in [3.05, 3.63) is 89.2 Å². The van der Waals surface area contributed by atoms with Crippen molar-refractivity contribution in [3.8, 4) is 16.9 Å². The average molecular weight is 493 g/mol. The lowest BCUT2D eigenvalue weighted by Crippen LogP contribution is -2.43. The number of carbonyl (C=O) groups excluding carboxylic acids is 2. The second kappa shape index (κ2) is 10.1. The highest BCUT2D eigenvalue weighted by atomic mass is 19.2. The smallest absolute Gasteiger partial charge is 0.408 e. The quantitative estimate of drug-likeness (QED) is 0.150. The Balaban J connectivity index is 1.65. The molecule has 0 aliphatic heterocycles. The van der Waals surface area contributed by atoms with Crippen LogP contribution in [0.2, 0.25) is 0 Å². The first-order valence-electron chi connectivity index (χ1n) is 10.3. The van der Waals surface area contributed by atoms with Gasteiger partial charge in [0, 0.05) is 0 Å². The third-order valence-corrected chi connectivity index (χ3v) is 5.10. The van der Waals surface area contributed by atoms with Crippen LogP contribution in [0.1, 0.15) is 26.3 Å². The number of rotatable bonds is 6. The summed E-state index contributed by atoms with van der Waals surface area (Å²) < 4.78 is 76.8. The molecule has 0 radical (unpaired) electrons. The fraction of sp³-hybridized carbons (Fsp3) is 0.200. The summed E-state index contributed by atoms with van der Waals surface area (Å²) in [6, 6.07) is 15.2. The molecule has 0 aromatic heterocycles. The minimum atomic E-state index is -2.39. The highest BCUT2D eigenvalue weighted by Gasteiger charge is 2.31. The van der Waals surface area contributed by atoms with Crippen molar-refractivity contribution in [2.45, 2.75) is 32.4 Å². The Morgan fingerprint density at radius 3 is 1.80 bits per heavy atom. The van der Waals surface area contributed by atoms with E-state index in [0.717, 1.165) is 18.1 Å². The lowest BCUT2D eigenvalue weighted by molar-refractivity contribution is -0.136. The first-order chi connectivity index (χ1) is 16.4. The van der Waals surface area contributed by atoms with Crippen LogP contribution in [0.4, 0.5) is 26.7 Å². The van der Waals surface area contributed by atoms with E-state index in [9.17, 15) is 31.5 Å². The van der Waals surface area contributed by atoms with E-state index in [4.69, 9.17) is 4.74 Å². The van der Waals surface area contributed by atoms with Gasteiger partial charge in [0.05, 0.1) is 0 Å². The standard InChI is InChI=1S/C25H20F5NO4/c1-13(23(32)34-22-20(29)18(27)17(26)19(28)21(22)30)31-24(33)35-25(2,3)16-11-9-15(10-12-16)14-7-5-4-6-8-14/h4-13H,1-3H3,(H,31,33). The molecular formula is C25H20F5NO4. The first kappa shape index (κ1) is 25.7. The van der Waals surface area contributed by atoms with Gasteiger partial charge in [0.15, 0.2) is 0 Å². The van der Waals surface area contributed by atoms with Crippen LogP contribution in [0, 0.1) is 29.1 Å². The molecule has 0 aliphatic carbocycles. The lowest BCUT2D eigenvalue weighted by atomic mass is 9.95. The zero-order valence-corrected chi connectivity index (χ0v) is 18.8. The van der Waals surface area contributed by atoms with Gasteiger partial charge in [0.2, 0.25) is 34.8 Å². The molecule has 0 aliphatic rings. The molecule has 1 unspecified atom stereocenters. The van der Waals surface area contributed by atoms with Gasteiger partial charge >= 0.3 is 12.1 Å². The summed E-state index contributed by atoms with van der Waals surface area (Å²) in [5.41, 5.74) is 1.42. The van der Waals surface area contributed by atoms with E-state index in [1.54, 1.807) is 26.0 Å². The number of carbonyl (C=O) groups is 2. The van der Waals surface area contributed by atoms with Crippen molar-refractivity contribution in [2.75, 3.05) is 0 Å². The number of hydrogen-bond acceptors (Lipinski definition) is 4. The Labute approximate surface area is 197 Å². The van der Waals surface area contributed by atoms with Gasteiger partial charge in [-0.3, -0.25) is 0 Å². The Kier molecular flexibility index (Phi) is 7.42. The van der Waals surface area contributed by atoms with E-state index in [2.05, 4.69) is 10.1 Å². The molecule has 3 rings (SSSR count). The number of ether oxygens (including phenoxy) is 2. The number of amides is 1. The Morgan fingerprint density at radius 2 is 1.26 bits per heavy atom. The molecule has 0 bridgehead atoms. The summed E-state index contributed by atoms with van der Waals surface area (Å²) >= 11 is 0. The molecule has 3 aromatic rings. The van der Waals surface area contributed by atoms with Crippen LogP contribution >= 0.6 is 0 Å². The van der Waals surface area contributed by atoms with Crippen molar-refractivity contribution in [3.63, 3.8) is 0 Å². The Morgan fingerprint density at radius 1 is 0.771 bits per heavy atom. The maximum atomic E-state index is 13.7. The predicted molar refractivity (Wildman–Crippen MR) is 116 cm³/mol. The highest BCUT2D eigenvalue weighted by molar-refractivity contribution is 5.82. The number of nitrogens with one attached hydrogen (secondary N) is 1. The second-order valence-corrected chi connectivity index (χ2v) is 8.03. The van der Waals surface area contributed by atoms with Gasteiger partial charge in [0.1, 0.15) is 11.6 Å². The van der Waals surface area contributed by atoms with Crippen molar-refractivity contribution in [1.82, 2.24) is 5.32 Å². The van der Waals surface area contributed by atoms with Gasteiger partial charge in [-0.05, 0) is 37.5 Å². The third kappa shape index (κ3) is 5.59. The molecule has 5 nitrogen and oxygen atoms in total. The molecular weight excluding hydrogens is 473 g/mol. The molecule has 0 heterocycles. The van der Waals surface area contributed by atoms with E-state index >= 15 is 0 Å². The van der Waals surface area contributed by atoms with E-state index in [0.29, 0.717) is 5.56 Å². The molecule has 184 valence electrons. The minimum absolute atomic E-state index is 0.629. The molecule has 3 aromatic carbocycles. The monoisotopic (exact) mass is 493 g/mol. The average Bonchev–Trinajstić information content (AvgIpc) is 2.84.